The van der Waals surface area contributed by atoms with E-state index in [1.54, 1.807) is 32.9 Å². The molecule has 1 heterocycles. The molecule has 0 unspecified atom stereocenters. The zero-order valence-corrected chi connectivity index (χ0v) is 19.1. The van der Waals surface area contributed by atoms with Crippen LogP contribution < -0.4 is 9.46 Å². The molecule has 1 aromatic heterocycles. The predicted octanol–water partition coefficient (Wildman–Crippen LogP) is 2.92. The standard InChI is InChI=1S/C18H22N4O5S3/c1-4-22(5-2)30(25,26)17-12-13(10-11-15(17)27-6-3)21-29(23,24)16-9-7-8-14-18(16)20-28-19-14/h7-12,21H,4-6H2,1-3H3. The molecule has 12 heteroatoms. The fourth-order valence-corrected chi connectivity index (χ4v) is 6.39. The highest BCUT2D eigenvalue weighted by Crippen LogP contribution is 2.31. The van der Waals surface area contributed by atoms with Crippen LogP contribution in [-0.4, -0.2) is 49.6 Å². The predicted molar refractivity (Wildman–Crippen MR) is 116 cm³/mol. The summed E-state index contributed by atoms with van der Waals surface area (Å²) >= 11 is 0.917. The average Bonchev–Trinajstić information content (AvgIpc) is 3.18. The molecule has 2 aromatic carbocycles. The van der Waals surface area contributed by atoms with Gasteiger partial charge in [-0.1, -0.05) is 19.9 Å². The first-order chi connectivity index (χ1) is 14.2. The van der Waals surface area contributed by atoms with E-state index in [0.717, 1.165) is 11.7 Å². The van der Waals surface area contributed by atoms with E-state index in [1.807, 2.05) is 0 Å². The molecular weight excluding hydrogens is 448 g/mol. The summed E-state index contributed by atoms with van der Waals surface area (Å²) in [4.78, 5) is -0.127. The Kier molecular flexibility index (Phi) is 6.60. The van der Waals surface area contributed by atoms with Gasteiger partial charge in [-0.25, -0.2) is 16.8 Å². The number of fused-ring (bicyclic) bond motifs is 1. The molecule has 1 N–H and O–H groups in total. The molecule has 0 saturated heterocycles. The van der Waals surface area contributed by atoms with Gasteiger partial charge in [0, 0.05) is 13.1 Å². The van der Waals surface area contributed by atoms with Crippen molar-refractivity contribution < 1.29 is 21.6 Å². The number of nitrogens with one attached hydrogen (secondary N) is 1. The maximum absolute atomic E-state index is 13.1. The van der Waals surface area contributed by atoms with Gasteiger partial charge in [-0.05, 0) is 37.3 Å². The van der Waals surface area contributed by atoms with Crippen molar-refractivity contribution in [2.24, 2.45) is 0 Å². The van der Waals surface area contributed by atoms with Crippen molar-refractivity contribution in [1.82, 2.24) is 13.1 Å². The lowest BCUT2D eigenvalue weighted by Gasteiger charge is -2.21. The molecule has 0 atom stereocenters. The molecule has 30 heavy (non-hydrogen) atoms. The number of hydrogen-bond acceptors (Lipinski definition) is 8. The first-order valence-electron chi connectivity index (χ1n) is 9.25. The summed E-state index contributed by atoms with van der Waals surface area (Å²) in [5.74, 6) is 0.165. The van der Waals surface area contributed by atoms with E-state index in [2.05, 4.69) is 13.5 Å². The number of benzene rings is 2. The minimum Gasteiger partial charge on any atom is -0.492 e. The molecule has 0 radical (unpaired) electrons. The fourth-order valence-electron chi connectivity index (χ4n) is 2.96. The van der Waals surface area contributed by atoms with Crippen LogP contribution in [0.5, 0.6) is 5.75 Å². The number of aromatic nitrogens is 2. The van der Waals surface area contributed by atoms with Gasteiger partial charge in [-0.3, -0.25) is 4.72 Å². The molecule has 0 saturated carbocycles. The third-order valence-corrected chi connectivity index (χ3v) is 8.38. The lowest BCUT2D eigenvalue weighted by Crippen LogP contribution is -2.31. The zero-order chi connectivity index (χ0) is 21.9. The van der Waals surface area contributed by atoms with Crippen molar-refractivity contribution in [2.45, 2.75) is 30.6 Å². The topological polar surface area (TPSA) is 119 Å². The van der Waals surface area contributed by atoms with Crippen molar-refractivity contribution in [1.29, 1.82) is 0 Å². The van der Waals surface area contributed by atoms with Crippen LogP contribution in [0.4, 0.5) is 5.69 Å². The third kappa shape index (κ3) is 4.26. The minimum absolute atomic E-state index is 0.0317. The SMILES string of the molecule is CCOc1ccc(NS(=O)(=O)c2cccc3nsnc23)cc1S(=O)(=O)N(CC)CC. The highest BCUT2D eigenvalue weighted by molar-refractivity contribution is 7.93. The third-order valence-electron chi connectivity index (χ3n) is 4.36. The van der Waals surface area contributed by atoms with Crippen molar-refractivity contribution in [3.05, 3.63) is 36.4 Å². The van der Waals surface area contributed by atoms with Crippen LogP contribution in [0.2, 0.25) is 0 Å². The Bertz CT molecular complexity index is 1250. The Labute approximate surface area is 180 Å². The lowest BCUT2D eigenvalue weighted by atomic mass is 10.3. The Hall–Kier alpha value is -2.28. The number of anilines is 1. The molecule has 0 spiro atoms. The normalized spacial score (nSPS) is 12.4. The Morgan fingerprint density at radius 3 is 2.40 bits per heavy atom. The maximum atomic E-state index is 13.1. The van der Waals surface area contributed by atoms with Crippen LogP contribution in [0, 0.1) is 0 Å². The van der Waals surface area contributed by atoms with Gasteiger partial charge in [0.05, 0.1) is 24.0 Å². The van der Waals surface area contributed by atoms with Crippen molar-refractivity contribution in [2.75, 3.05) is 24.4 Å². The van der Waals surface area contributed by atoms with Crippen LogP contribution in [-0.2, 0) is 20.0 Å². The number of rotatable bonds is 9. The van der Waals surface area contributed by atoms with Gasteiger partial charge in [0.2, 0.25) is 10.0 Å². The fraction of sp³-hybridized carbons (Fsp3) is 0.333. The monoisotopic (exact) mass is 470 g/mol. The van der Waals surface area contributed by atoms with E-state index in [4.69, 9.17) is 4.74 Å². The molecule has 0 amide bonds. The zero-order valence-electron chi connectivity index (χ0n) is 16.7. The van der Waals surface area contributed by atoms with Gasteiger partial charge in [-0.15, -0.1) is 0 Å². The molecule has 3 aromatic rings. The molecule has 0 fully saturated rings. The van der Waals surface area contributed by atoms with Crippen molar-refractivity contribution in [3.63, 3.8) is 0 Å². The minimum atomic E-state index is -4.02. The van der Waals surface area contributed by atoms with Gasteiger partial charge in [0.1, 0.15) is 26.6 Å². The number of nitrogens with zero attached hydrogens (tertiary/aromatic N) is 3. The summed E-state index contributed by atoms with van der Waals surface area (Å²) in [5.41, 5.74) is 0.834. The van der Waals surface area contributed by atoms with Gasteiger partial charge in [0.25, 0.3) is 10.0 Å². The molecular formula is C18H22N4O5S3. The van der Waals surface area contributed by atoms with Gasteiger partial charge >= 0.3 is 0 Å². The van der Waals surface area contributed by atoms with Crippen LogP contribution in [0.3, 0.4) is 0 Å². The molecule has 162 valence electrons. The van der Waals surface area contributed by atoms with Crippen LogP contribution in [0.15, 0.2) is 46.2 Å². The van der Waals surface area contributed by atoms with E-state index in [9.17, 15) is 16.8 Å². The second-order valence-corrected chi connectivity index (χ2v) is 10.3. The van der Waals surface area contributed by atoms with Crippen molar-refractivity contribution >= 4 is 48.5 Å². The largest absolute Gasteiger partial charge is 0.492 e. The van der Waals surface area contributed by atoms with E-state index < -0.39 is 20.0 Å². The molecule has 0 aliphatic rings. The molecule has 0 bridgehead atoms. The van der Waals surface area contributed by atoms with Gasteiger partial charge in [0.15, 0.2) is 0 Å². The van der Waals surface area contributed by atoms with Crippen LogP contribution in [0.1, 0.15) is 20.8 Å². The second-order valence-electron chi connectivity index (χ2n) is 6.18. The van der Waals surface area contributed by atoms with Gasteiger partial charge < -0.3 is 4.74 Å². The Morgan fingerprint density at radius 1 is 1.00 bits per heavy atom. The highest BCUT2D eigenvalue weighted by Gasteiger charge is 2.27. The number of sulfonamides is 2. The quantitative estimate of drug-likeness (QED) is 0.511. The lowest BCUT2D eigenvalue weighted by molar-refractivity contribution is 0.329. The summed E-state index contributed by atoms with van der Waals surface area (Å²) in [6.45, 7) is 6.03. The summed E-state index contributed by atoms with van der Waals surface area (Å²) in [6, 6.07) is 8.85. The number of ether oxygens (including phenoxy) is 1. The summed E-state index contributed by atoms with van der Waals surface area (Å²) in [5, 5.41) is 0. The van der Waals surface area contributed by atoms with E-state index >= 15 is 0 Å². The van der Waals surface area contributed by atoms with E-state index in [1.165, 1.54) is 28.6 Å². The van der Waals surface area contributed by atoms with E-state index in [-0.39, 0.29) is 46.4 Å². The van der Waals surface area contributed by atoms with Crippen LogP contribution >= 0.6 is 11.7 Å². The molecule has 0 aliphatic heterocycles. The average molecular weight is 471 g/mol. The number of hydrogen-bond donors (Lipinski definition) is 1. The Morgan fingerprint density at radius 2 is 1.73 bits per heavy atom. The maximum Gasteiger partial charge on any atom is 0.264 e. The molecule has 0 aliphatic carbocycles. The van der Waals surface area contributed by atoms with E-state index in [0.29, 0.717) is 5.52 Å². The summed E-state index contributed by atoms with van der Waals surface area (Å²) in [6.07, 6.45) is 0. The smallest absolute Gasteiger partial charge is 0.264 e. The first kappa shape index (κ1) is 22.4. The summed E-state index contributed by atoms with van der Waals surface area (Å²) in [7, 11) is -7.89. The summed E-state index contributed by atoms with van der Waals surface area (Å²) < 4.78 is 69.4. The molecule has 3 rings (SSSR count). The second kappa shape index (κ2) is 8.84. The van der Waals surface area contributed by atoms with Crippen molar-refractivity contribution in [3.8, 4) is 5.75 Å². The highest BCUT2D eigenvalue weighted by atomic mass is 32.2. The van der Waals surface area contributed by atoms with Gasteiger partial charge in [-0.2, -0.15) is 13.1 Å². The Balaban J connectivity index is 2.06. The first-order valence-corrected chi connectivity index (χ1v) is 12.9. The molecule has 9 nitrogen and oxygen atoms in total. The van der Waals surface area contributed by atoms with Crippen LogP contribution in [0.25, 0.3) is 11.0 Å².